The van der Waals surface area contributed by atoms with E-state index in [0.29, 0.717) is 5.69 Å². The van der Waals surface area contributed by atoms with Crippen LogP contribution in [-0.4, -0.2) is 17.5 Å². The van der Waals surface area contributed by atoms with Crippen LogP contribution in [0.3, 0.4) is 0 Å². The van der Waals surface area contributed by atoms with Gasteiger partial charge < -0.3 is 10.1 Å². The molecule has 2 aromatic carbocycles. The first-order valence-corrected chi connectivity index (χ1v) is 8.74. The number of para-hydroxylation sites is 2. The van der Waals surface area contributed by atoms with Gasteiger partial charge in [-0.25, -0.2) is 4.98 Å². The average molecular weight is 374 g/mol. The highest BCUT2D eigenvalue weighted by Crippen LogP contribution is 2.27. The summed E-state index contributed by atoms with van der Waals surface area (Å²) in [6.45, 7) is -0.951. The number of carbonyl (C=O) groups excluding carboxylic acids is 1. The fourth-order valence-electron chi connectivity index (χ4n) is 2.43. The van der Waals surface area contributed by atoms with Gasteiger partial charge in [-0.1, -0.05) is 35.9 Å². The molecule has 1 N–H and O–H groups in total. The largest absolute Gasteiger partial charge is 0.433 e. The Morgan fingerprint density at radius 3 is 2.81 bits per heavy atom. The molecular weight excluding hydrogens is 358 g/mol. The zero-order valence-corrected chi connectivity index (χ0v) is 14.7. The van der Waals surface area contributed by atoms with Gasteiger partial charge in [-0.2, -0.15) is 8.78 Å². The Bertz CT molecular complexity index is 912. The summed E-state index contributed by atoms with van der Waals surface area (Å²) in [4.78, 5) is 16.7. The Hall–Kier alpha value is -2.80. The van der Waals surface area contributed by atoms with Gasteiger partial charge in [-0.05, 0) is 25.1 Å². The van der Waals surface area contributed by atoms with Crippen LogP contribution < -0.4 is 10.1 Å². The van der Waals surface area contributed by atoms with E-state index in [-0.39, 0.29) is 23.8 Å². The molecule has 0 unspecified atom stereocenters. The van der Waals surface area contributed by atoms with Crippen LogP contribution in [0.5, 0.6) is 5.75 Å². The summed E-state index contributed by atoms with van der Waals surface area (Å²) in [6, 6.07) is 14.0. The number of amides is 1. The van der Waals surface area contributed by atoms with Crippen molar-refractivity contribution in [2.45, 2.75) is 20.0 Å². The minimum absolute atomic E-state index is 0.0470. The minimum Gasteiger partial charge on any atom is -0.433 e. The predicted octanol–water partition coefficient (Wildman–Crippen LogP) is 4.90. The Balaban J connectivity index is 1.68. The Labute approximate surface area is 153 Å². The number of nitrogens with one attached hydrogen (secondary N) is 1. The first-order chi connectivity index (χ1) is 12.5. The zero-order chi connectivity index (χ0) is 18.5. The summed E-state index contributed by atoms with van der Waals surface area (Å²) in [5, 5.41) is 5.24. The van der Waals surface area contributed by atoms with Gasteiger partial charge >= 0.3 is 6.61 Å². The average Bonchev–Trinajstić information content (AvgIpc) is 3.04. The number of ether oxygens (including phenoxy) is 1. The number of alkyl halides is 2. The second-order valence-corrected chi connectivity index (χ2v) is 6.47. The standard InChI is InChI=1S/C19H16F2N2O2S/c1-12-5-4-6-13(9-12)18-22-14(11-26-18)10-17(24)23-15-7-2-3-8-16(15)25-19(20)21/h2-9,11,19H,10H2,1H3,(H,23,24). The van der Waals surface area contributed by atoms with Crippen LogP contribution in [0.2, 0.25) is 0 Å². The molecule has 7 heteroatoms. The summed E-state index contributed by atoms with van der Waals surface area (Å²) in [5.74, 6) is -0.425. The van der Waals surface area contributed by atoms with Crippen molar-refractivity contribution < 1.29 is 18.3 Å². The van der Waals surface area contributed by atoms with E-state index < -0.39 is 6.61 Å². The maximum atomic E-state index is 12.4. The van der Waals surface area contributed by atoms with Crippen LogP contribution in [0.15, 0.2) is 53.9 Å². The highest BCUT2D eigenvalue weighted by molar-refractivity contribution is 7.13. The molecule has 4 nitrogen and oxygen atoms in total. The van der Waals surface area contributed by atoms with E-state index in [1.807, 2.05) is 36.6 Å². The Morgan fingerprint density at radius 1 is 1.23 bits per heavy atom. The molecule has 0 fully saturated rings. The van der Waals surface area contributed by atoms with Gasteiger partial charge in [0.05, 0.1) is 17.8 Å². The quantitative estimate of drug-likeness (QED) is 0.668. The Morgan fingerprint density at radius 2 is 2.04 bits per heavy atom. The van der Waals surface area contributed by atoms with E-state index in [2.05, 4.69) is 15.0 Å². The molecule has 1 aromatic heterocycles. The number of anilines is 1. The van der Waals surface area contributed by atoms with Gasteiger partial charge in [0.1, 0.15) is 10.8 Å². The van der Waals surface area contributed by atoms with Crippen molar-refractivity contribution in [1.29, 1.82) is 0 Å². The Kier molecular flexibility index (Phi) is 5.58. The molecule has 0 radical (unpaired) electrons. The molecule has 134 valence electrons. The number of aryl methyl sites for hydroxylation is 1. The molecule has 3 aromatic rings. The smallest absolute Gasteiger partial charge is 0.387 e. The van der Waals surface area contributed by atoms with E-state index in [1.54, 1.807) is 12.1 Å². The third kappa shape index (κ3) is 4.64. The molecule has 0 saturated heterocycles. The number of rotatable bonds is 6. The number of aromatic nitrogens is 1. The molecular formula is C19H16F2N2O2S. The SMILES string of the molecule is Cc1cccc(-c2nc(CC(=O)Nc3ccccc3OC(F)F)cs2)c1. The van der Waals surface area contributed by atoms with E-state index in [4.69, 9.17) is 0 Å². The number of benzene rings is 2. The van der Waals surface area contributed by atoms with Crippen molar-refractivity contribution in [2.24, 2.45) is 0 Å². The molecule has 0 bridgehead atoms. The number of thiazole rings is 1. The van der Waals surface area contributed by atoms with Crippen molar-refractivity contribution >= 4 is 22.9 Å². The molecule has 1 heterocycles. The van der Waals surface area contributed by atoms with Crippen molar-refractivity contribution in [2.75, 3.05) is 5.32 Å². The first-order valence-electron chi connectivity index (χ1n) is 7.86. The predicted molar refractivity (Wildman–Crippen MR) is 97.7 cm³/mol. The van der Waals surface area contributed by atoms with Gasteiger partial charge in [0.15, 0.2) is 0 Å². The highest BCUT2D eigenvalue weighted by Gasteiger charge is 2.13. The van der Waals surface area contributed by atoms with Gasteiger partial charge in [0.2, 0.25) is 5.91 Å². The third-order valence-electron chi connectivity index (χ3n) is 3.54. The van der Waals surface area contributed by atoms with Crippen LogP contribution in [0, 0.1) is 6.92 Å². The van der Waals surface area contributed by atoms with Crippen molar-refractivity contribution in [3.8, 4) is 16.3 Å². The van der Waals surface area contributed by atoms with Crippen LogP contribution in [0.1, 0.15) is 11.3 Å². The van der Waals surface area contributed by atoms with Crippen molar-refractivity contribution in [3.05, 3.63) is 65.2 Å². The lowest BCUT2D eigenvalue weighted by Crippen LogP contribution is -2.16. The molecule has 0 atom stereocenters. The highest BCUT2D eigenvalue weighted by atomic mass is 32.1. The van der Waals surface area contributed by atoms with Gasteiger partial charge in [0, 0.05) is 10.9 Å². The van der Waals surface area contributed by atoms with Gasteiger partial charge in [-0.3, -0.25) is 4.79 Å². The van der Waals surface area contributed by atoms with Crippen LogP contribution in [0.4, 0.5) is 14.5 Å². The number of halogens is 2. The molecule has 0 aliphatic carbocycles. The molecule has 0 saturated carbocycles. The fourth-order valence-corrected chi connectivity index (χ4v) is 3.24. The maximum Gasteiger partial charge on any atom is 0.387 e. The number of hydrogen-bond donors (Lipinski definition) is 1. The van der Waals surface area contributed by atoms with Crippen molar-refractivity contribution in [3.63, 3.8) is 0 Å². The van der Waals surface area contributed by atoms with E-state index in [0.717, 1.165) is 16.1 Å². The van der Waals surface area contributed by atoms with Crippen LogP contribution >= 0.6 is 11.3 Å². The lowest BCUT2D eigenvalue weighted by Gasteiger charge is -2.11. The third-order valence-corrected chi connectivity index (χ3v) is 4.48. The van der Waals surface area contributed by atoms with E-state index in [1.165, 1.54) is 23.5 Å². The lowest BCUT2D eigenvalue weighted by atomic mass is 10.1. The normalized spacial score (nSPS) is 10.8. The molecule has 0 spiro atoms. The first kappa shape index (κ1) is 18.0. The van der Waals surface area contributed by atoms with E-state index in [9.17, 15) is 13.6 Å². The second kappa shape index (κ2) is 8.05. The summed E-state index contributed by atoms with van der Waals surface area (Å²) >= 11 is 1.46. The van der Waals surface area contributed by atoms with E-state index >= 15 is 0 Å². The minimum atomic E-state index is -2.96. The second-order valence-electron chi connectivity index (χ2n) is 5.61. The molecule has 1 amide bonds. The topological polar surface area (TPSA) is 51.2 Å². The summed E-state index contributed by atoms with van der Waals surface area (Å²) in [6.07, 6.45) is 0.0470. The monoisotopic (exact) mass is 374 g/mol. The number of nitrogens with zero attached hydrogens (tertiary/aromatic N) is 1. The maximum absolute atomic E-state index is 12.4. The summed E-state index contributed by atoms with van der Waals surface area (Å²) in [7, 11) is 0. The lowest BCUT2D eigenvalue weighted by molar-refractivity contribution is -0.115. The van der Waals surface area contributed by atoms with Crippen LogP contribution in [-0.2, 0) is 11.2 Å². The summed E-state index contributed by atoms with van der Waals surface area (Å²) < 4.78 is 29.3. The zero-order valence-electron chi connectivity index (χ0n) is 13.9. The molecule has 3 rings (SSSR count). The molecule has 0 aliphatic rings. The fraction of sp³-hybridized carbons (Fsp3) is 0.158. The van der Waals surface area contributed by atoms with Gasteiger partial charge in [0.25, 0.3) is 0 Å². The molecule has 26 heavy (non-hydrogen) atoms. The number of hydrogen-bond acceptors (Lipinski definition) is 4. The molecule has 0 aliphatic heterocycles. The van der Waals surface area contributed by atoms with Crippen molar-refractivity contribution in [1.82, 2.24) is 4.98 Å². The summed E-state index contributed by atoms with van der Waals surface area (Å²) in [5.41, 5.74) is 2.95. The van der Waals surface area contributed by atoms with Crippen LogP contribution in [0.25, 0.3) is 10.6 Å². The number of carbonyl (C=O) groups is 1. The van der Waals surface area contributed by atoms with Gasteiger partial charge in [-0.15, -0.1) is 11.3 Å².